The minimum Gasteiger partial charge on any atom is -0.333 e. The van der Waals surface area contributed by atoms with E-state index in [0.717, 1.165) is 42.3 Å². The van der Waals surface area contributed by atoms with E-state index in [4.69, 9.17) is 9.94 Å². The summed E-state index contributed by atoms with van der Waals surface area (Å²) in [6, 6.07) is 4.23. The molecule has 1 atom stereocenters. The fourth-order valence-electron chi connectivity index (χ4n) is 4.20. The molecule has 0 aliphatic carbocycles. The fourth-order valence-corrected chi connectivity index (χ4v) is 4.20. The van der Waals surface area contributed by atoms with Gasteiger partial charge in [0.2, 0.25) is 0 Å². The molecule has 1 amide bonds. The van der Waals surface area contributed by atoms with Gasteiger partial charge >= 0.3 is 0 Å². The monoisotopic (exact) mass is 423 g/mol. The Labute approximate surface area is 181 Å². The van der Waals surface area contributed by atoms with Gasteiger partial charge in [-0.15, -0.1) is 0 Å². The molecule has 164 valence electrons. The summed E-state index contributed by atoms with van der Waals surface area (Å²) in [6.07, 6.45) is 5.61. The summed E-state index contributed by atoms with van der Waals surface area (Å²) in [5.41, 5.74) is 4.24. The third kappa shape index (κ3) is 3.89. The summed E-state index contributed by atoms with van der Waals surface area (Å²) >= 11 is 0. The Balaban J connectivity index is 1.21. The number of imidazole rings is 1. The molecule has 5 heterocycles. The van der Waals surface area contributed by atoms with Crippen LogP contribution in [0.2, 0.25) is 0 Å². The Morgan fingerprint density at radius 1 is 1.06 bits per heavy atom. The van der Waals surface area contributed by atoms with Gasteiger partial charge in [0.25, 0.3) is 5.91 Å². The normalized spacial score (nSPS) is 17.2. The lowest BCUT2D eigenvalue weighted by molar-refractivity contribution is -0.189. The zero-order chi connectivity index (χ0) is 21.5. The van der Waals surface area contributed by atoms with Crippen LogP contribution in [0.15, 0.2) is 24.5 Å². The van der Waals surface area contributed by atoms with Crippen molar-refractivity contribution in [1.82, 2.24) is 34.2 Å². The van der Waals surface area contributed by atoms with Crippen molar-refractivity contribution in [3.8, 4) is 0 Å². The molecule has 2 aliphatic rings. The number of hydrogen-bond donors (Lipinski definition) is 0. The first-order valence-corrected chi connectivity index (χ1v) is 11.0. The molecule has 0 spiro atoms. The van der Waals surface area contributed by atoms with E-state index < -0.39 is 0 Å². The van der Waals surface area contributed by atoms with Crippen molar-refractivity contribution >= 4 is 5.91 Å². The molecule has 5 rings (SSSR count). The maximum atomic E-state index is 12.7. The summed E-state index contributed by atoms with van der Waals surface area (Å²) in [7, 11) is 0. The van der Waals surface area contributed by atoms with Crippen molar-refractivity contribution in [3.63, 3.8) is 0 Å². The van der Waals surface area contributed by atoms with Gasteiger partial charge in [0, 0.05) is 43.5 Å². The van der Waals surface area contributed by atoms with Crippen LogP contribution in [-0.2, 0) is 42.3 Å². The van der Waals surface area contributed by atoms with E-state index in [9.17, 15) is 4.79 Å². The molecule has 3 aromatic rings. The lowest BCUT2D eigenvalue weighted by atomic mass is 10.0. The average Bonchev–Trinajstić information content (AvgIpc) is 3.42. The number of hydrogen-bond acceptors (Lipinski definition) is 5. The third-order valence-electron chi connectivity index (χ3n) is 6.26. The van der Waals surface area contributed by atoms with Crippen LogP contribution in [0.5, 0.6) is 0 Å². The second kappa shape index (κ2) is 7.96. The SMILES string of the molecule is CC(C)c1cc2n(n1)CC(=O)N(CCC(C)c1cc3n(n1)Cc1nccn1CC3)OC2. The van der Waals surface area contributed by atoms with Gasteiger partial charge in [-0.2, -0.15) is 10.2 Å². The molecular formula is C22H29N7O2. The Morgan fingerprint density at radius 2 is 1.84 bits per heavy atom. The molecule has 0 fully saturated rings. The molecule has 0 aromatic carbocycles. The lowest BCUT2D eigenvalue weighted by Gasteiger charge is -2.20. The summed E-state index contributed by atoms with van der Waals surface area (Å²) < 4.78 is 6.03. The molecule has 3 aromatic heterocycles. The van der Waals surface area contributed by atoms with Crippen LogP contribution in [0.1, 0.15) is 67.6 Å². The van der Waals surface area contributed by atoms with E-state index in [2.05, 4.69) is 46.2 Å². The number of rotatable bonds is 5. The van der Waals surface area contributed by atoms with Crippen LogP contribution >= 0.6 is 0 Å². The first-order chi connectivity index (χ1) is 15.0. The van der Waals surface area contributed by atoms with Crippen LogP contribution < -0.4 is 0 Å². The van der Waals surface area contributed by atoms with E-state index in [1.807, 2.05) is 18.5 Å². The molecule has 9 nitrogen and oxygen atoms in total. The van der Waals surface area contributed by atoms with Gasteiger partial charge in [-0.1, -0.05) is 20.8 Å². The standard InChI is InChI=1S/C22H29N7O2/c1-15(2)19-11-18-14-31-29(22(30)13-28(18)24-19)8-4-16(3)20-10-17-5-7-26-9-6-23-21(26)12-27(17)25-20/h6,9-11,15-16H,4-5,7-8,12-14H2,1-3H3. The van der Waals surface area contributed by atoms with E-state index in [1.165, 1.54) is 10.8 Å². The van der Waals surface area contributed by atoms with Crippen molar-refractivity contribution in [2.24, 2.45) is 0 Å². The summed E-state index contributed by atoms with van der Waals surface area (Å²) in [6.45, 7) is 9.11. The summed E-state index contributed by atoms with van der Waals surface area (Å²) in [5.74, 6) is 1.54. The zero-order valence-electron chi connectivity index (χ0n) is 18.4. The smallest absolute Gasteiger partial charge is 0.267 e. The first kappa shape index (κ1) is 20.0. The second-order valence-electron chi connectivity index (χ2n) is 8.84. The van der Waals surface area contributed by atoms with E-state index in [0.29, 0.717) is 25.6 Å². The topological polar surface area (TPSA) is 83.0 Å². The van der Waals surface area contributed by atoms with Crippen LogP contribution in [0.3, 0.4) is 0 Å². The van der Waals surface area contributed by atoms with Crippen LogP contribution in [0.25, 0.3) is 0 Å². The lowest BCUT2D eigenvalue weighted by Crippen LogP contribution is -2.33. The van der Waals surface area contributed by atoms with Gasteiger partial charge in [0.05, 0.1) is 23.6 Å². The average molecular weight is 424 g/mol. The number of nitrogens with zero attached hydrogens (tertiary/aromatic N) is 7. The Morgan fingerprint density at radius 3 is 2.68 bits per heavy atom. The Hall–Kier alpha value is -2.94. The van der Waals surface area contributed by atoms with Crippen LogP contribution in [-0.4, -0.2) is 46.6 Å². The molecule has 0 radical (unpaired) electrons. The number of carbonyl (C=O) groups excluding carboxylic acids is 1. The van der Waals surface area contributed by atoms with Crippen LogP contribution in [0.4, 0.5) is 0 Å². The number of aryl methyl sites for hydroxylation is 2. The van der Waals surface area contributed by atoms with Gasteiger partial charge in [0.1, 0.15) is 19.0 Å². The molecule has 31 heavy (non-hydrogen) atoms. The quantitative estimate of drug-likeness (QED) is 0.630. The number of amides is 1. The number of carbonyl (C=O) groups is 1. The van der Waals surface area contributed by atoms with Crippen molar-refractivity contribution in [2.75, 3.05) is 6.54 Å². The zero-order valence-corrected chi connectivity index (χ0v) is 18.4. The fraction of sp³-hybridized carbons (Fsp3) is 0.545. The summed E-state index contributed by atoms with van der Waals surface area (Å²) in [4.78, 5) is 23.0. The van der Waals surface area contributed by atoms with E-state index >= 15 is 0 Å². The highest BCUT2D eigenvalue weighted by molar-refractivity contribution is 5.75. The molecular weight excluding hydrogens is 394 g/mol. The second-order valence-corrected chi connectivity index (χ2v) is 8.84. The van der Waals surface area contributed by atoms with Gasteiger partial charge in [-0.25, -0.2) is 10.0 Å². The predicted octanol–water partition coefficient (Wildman–Crippen LogP) is 2.47. The minimum absolute atomic E-state index is 0.0585. The molecule has 1 unspecified atom stereocenters. The maximum absolute atomic E-state index is 12.7. The minimum atomic E-state index is -0.0585. The predicted molar refractivity (Wildman–Crippen MR) is 113 cm³/mol. The first-order valence-electron chi connectivity index (χ1n) is 11.0. The largest absolute Gasteiger partial charge is 0.333 e. The molecule has 0 bridgehead atoms. The highest BCUT2D eigenvalue weighted by atomic mass is 16.7. The van der Waals surface area contributed by atoms with Crippen molar-refractivity contribution in [1.29, 1.82) is 0 Å². The molecule has 2 aliphatic heterocycles. The van der Waals surface area contributed by atoms with Crippen molar-refractivity contribution < 1.29 is 9.63 Å². The number of aromatic nitrogens is 6. The van der Waals surface area contributed by atoms with E-state index in [-0.39, 0.29) is 18.4 Å². The summed E-state index contributed by atoms with van der Waals surface area (Å²) in [5, 5.41) is 10.9. The molecule has 0 saturated heterocycles. The Bertz CT molecular complexity index is 1090. The molecule has 0 saturated carbocycles. The van der Waals surface area contributed by atoms with E-state index in [1.54, 1.807) is 4.68 Å². The van der Waals surface area contributed by atoms with Gasteiger partial charge in [-0.3, -0.25) is 19.0 Å². The molecule has 0 N–H and O–H groups in total. The van der Waals surface area contributed by atoms with Gasteiger partial charge in [-0.05, 0) is 24.5 Å². The van der Waals surface area contributed by atoms with Crippen molar-refractivity contribution in [2.45, 2.75) is 71.7 Å². The molecule has 9 heteroatoms. The van der Waals surface area contributed by atoms with Gasteiger partial charge in [0.15, 0.2) is 0 Å². The maximum Gasteiger partial charge on any atom is 0.267 e. The van der Waals surface area contributed by atoms with Gasteiger partial charge < -0.3 is 4.57 Å². The number of hydroxylamine groups is 2. The third-order valence-corrected chi connectivity index (χ3v) is 6.26. The highest BCUT2D eigenvalue weighted by Crippen LogP contribution is 2.23. The Kier molecular flexibility index (Phi) is 5.13. The number of fused-ring (bicyclic) bond motifs is 3. The van der Waals surface area contributed by atoms with Crippen molar-refractivity contribution in [3.05, 3.63) is 53.1 Å². The van der Waals surface area contributed by atoms with Crippen LogP contribution in [0, 0.1) is 0 Å². The highest BCUT2D eigenvalue weighted by Gasteiger charge is 2.25.